The molecular weight excluding hydrogens is 312 g/mol. The Hall–Kier alpha value is -1.63. The summed E-state index contributed by atoms with van der Waals surface area (Å²) in [7, 11) is 1.71. The average molecular weight is 327 g/mol. The van der Waals surface area contributed by atoms with Crippen molar-refractivity contribution in [2.24, 2.45) is 0 Å². The Balaban J connectivity index is 2.19. The Bertz CT molecular complexity index is 562. The molecule has 0 bridgehead atoms. The molecule has 0 saturated carbocycles. The van der Waals surface area contributed by atoms with Crippen LogP contribution in [0.3, 0.4) is 0 Å². The van der Waals surface area contributed by atoms with Crippen molar-refractivity contribution in [1.29, 1.82) is 0 Å². The highest BCUT2D eigenvalue weighted by Crippen LogP contribution is 2.20. The van der Waals surface area contributed by atoms with E-state index in [0.29, 0.717) is 18.1 Å². The van der Waals surface area contributed by atoms with E-state index in [2.05, 4.69) is 30.6 Å². The summed E-state index contributed by atoms with van der Waals surface area (Å²) in [6.07, 6.45) is 3.15. The minimum atomic E-state index is -0.0794. The lowest BCUT2D eigenvalue weighted by Gasteiger charge is -2.18. The van der Waals surface area contributed by atoms with Gasteiger partial charge in [-0.05, 0) is 35.8 Å². The predicted octanol–water partition coefficient (Wildman–Crippen LogP) is 2.49. The highest BCUT2D eigenvalue weighted by atomic mass is 79.9. The number of carbonyl (C=O) groups is 1. The van der Waals surface area contributed by atoms with Gasteiger partial charge in [0, 0.05) is 23.8 Å². The third-order valence-corrected chi connectivity index (χ3v) is 3.16. The molecule has 2 rings (SSSR count). The van der Waals surface area contributed by atoms with Crippen molar-refractivity contribution < 1.29 is 9.32 Å². The highest BCUT2D eigenvalue weighted by Gasteiger charge is 2.19. The van der Waals surface area contributed by atoms with E-state index in [-0.39, 0.29) is 11.9 Å². The Morgan fingerprint density at radius 1 is 1.58 bits per heavy atom. The molecule has 0 radical (unpaired) electrons. The van der Waals surface area contributed by atoms with Gasteiger partial charge in [0.2, 0.25) is 6.39 Å². The molecule has 19 heavy (non-hydrogen) atoms. The van der Waals surface area contributed by atoms with Crippen LogP contribution in [0.5, 0.6) is 0 Å². The fourth-order valence-electron chi connectivity index (χ4n) is 1.79. The third kappa shape index (κ3) is 3.04. The minimum absolute atomic E-state index is 0.0794. The van der Waals surface area contributed by atoms with E-state index in [1.54, 1.807) is 11.9 Å². The smallest absolute Gasteiger partial charge is 0.270 e. The SMILES string of the molecule is CC(C)n1cc(Br)cc1C(=O)N(C)Cc1ncon1. The van der Waals surface area contributed by atoms with Crippen LogP contribution in [-0.4, -0.2) is 32.6 Å². The molecule has 2 heterocycles. The summed E-state index contributed by atoms with van der Waals surface area (Å²) in [5, 5.41) is 3.70. The largest absolute Gasteiger partial charge is 0.343 e. The summed E-state index contributed by atoms with van der Waals surface area (Å²) in [6, 6.07) is 2.03. The van der Waals surface area contributed by atoms with Crippen LogP contribution in [0.1, 0.15) is 36.2 Å². The van der Waals surface area contributed by atoms with E-state index in [1.165, 1.54) is 6.39 Å². The molecule has 0 saturated heterocycles. The first-order chi connectivity index (χ1) is 8.99. The number of amides is 1. The lowest BCUT2D eigenvalue weighted by atomic mass is 10.3. The second-order valence-corrected chi connectivity index (χ2v) is 5.47. The van der Waals surface area contributed by atoms with Crippen LogP contribution in [0.15, 0.2) is 27.7 Å². The van der Waals surface area contributed by atoms with Crippen LogP contribution >= 0.6 is 15.9 Å². The van der Waals surface area contributed by atoms with Gasteiger partial charge in [0.15, 0.2) is 5.82 Å². The van der Waals surface area contributed by atoms with E-state index in [9.17, 15) is 4.79 Å². The van der Waals surface area contributed by atoms with Crippen LogP contribution in [0, 0.1) is 0 Å². The molecule has 0 aliphatic rings. The van der Waals surface area contributed by atoms with Crippen molar-refractivity contribution in [3.63, 3.8) is 0 Å². The van der Waals surface area contributed by atoms with Gasteiger partial charge in [-0.15, -0.1) is 0 Å². The monoisotopic (exact) mass is 326 g/mol. The summed E-state index contributed by atoms with van der Waals surface area (Å²) >= 11 is 3.40. The van der Waals surface area contributed by atoms with Crippen LogP contribution in [-0.2, 0) is 6.54 Å². The predicted molar refractivity (Wildman–Crippen MR) is 72.6 cm³/mol. The number of hydrogen-bond acceptors (Lipinski definition) is 4. The molecule has 7 heteroatoms. The van der Waals surface area contributed by atoms with Crippen molar-refractivity contribution in [3.8, 4) is 0 Å². The van der Waals surface area contributed by atoms with Crippen molar-refractivity contribution in [3.05, 3.63) is 34.6 Å². The van der Waals surface area contributed by atoms with E-state index in [4.69, 9.17) is 0 Å². The fraction of sp³-hybridized carbons (Fsp3) is 0.417. The van der Waals surface area contributed by atoms with Gasteiger partial charge in [0.05, 0.1) is 6.54 Å². The number of nitrogens with zero attached hydrogens (tertiary/aromatic N) is 4. The molecule has 0 aliphatic heterocycles. The maximum Gasteiger partial charge on any atom is 0.270 e. The summed E-state index contributed by atoms with van der Waals surface area (Å²) in [4.78, 5) is 17.9. The Labute approximate surface area is 119 Å². The van der Waals surface area contributed by atoms with Gasteiger partial charge in [-0.2, -0.15) is 4.98 Å². The van der Waals surface area contributed by atoms with Gasteiger partial charge in [0.25, 0.3) is 5.91 Å². The Kier molecular flexibility index (Phi) is 4.04. The number of aromatic nitrogens is 3. The Morgan fingerprint density at radius 2 is 2.32 bits per heavy atom. The molecular formula is C12H15BrN4O2. The maximum atomic E-state index is 12.4. The molecule has 0 aliphatic carbocycles. The first-order valence-electron chi connectivity index (χ1n) is 5.87. The van der Waals surface area contributed by atoms with Crippen molar-refractivity contribution >= 4 is 21.8 Å². The lowest BCUT2D eigenvalue weighted by Crippen LogP contribution is -2.29. The van der Waals surface area contributed by atoms with Crippen LogP contribution in [0.4, 0.5) is 0 Å². The van der Waals surface area contributed by atoms with E-state index >= 15 is 0 Å². The van der Waals surface area contributed by atoms with Crippen LogP contribution in [0.25, 0.3) is 0 Å². The fourth-order valence-corrected chi connectivity index (χ4v) is 2.22. The van der Waals surface area contributed by atoms with Gasteiger partial charge in [-0.3, -0.25) is 4.79 Å². The maximum absolute atomic E-state index is 12.4. The molecule has 0 aromatic carbocycles. The first kappa shape index (κ1) is 13.8. The number of halogens is 1. The van der Waals surface area contributed by atoms with Gasteiger partial charge in [-0.1, -0.05) is 5.16 Å². The van der Waals surface area contributed by atoms with E-state index < -0.39 is 0 Å². The summed E-state index contributed by atoms with van der Waals surface area (Å²) in [6.45, 7) is 4.38. The summed E-state index contributed by atoms with van der Waals surface area (Å²) in [5.41, 5.74) is 0.632. The average Bonchev–Trinajstić information content (AvgIpc) is 2.97. The first-order valence-corrected chi connectivity index (χ1v) is 6.66. The molecule has 102 valence electrons. The van der Waals surface area contributed by atoms with Crippen molar-refractivity contribution in [1.82, 2.24) is 19.6 Å². The molecule has 0 fully saturated rings. The van der Waals surface area contributed by atoms with Crippen LogP contribution < -0.4 is 0 Å². The zero-order valence-corrected chi connectivity index (χ0v) is 12.6. The molecule has 0 spiro atoms. The third-order valence-electron chi connectivity index (χ3n) is 2.72. The topological polar surface area (TPSA) is 64.2 Å². The molecule has 2 aromatic heterocycles. The minimum Gasteiger partial charge on any atom is -0.343 e. The summed E-state index contributed by atoms with van der Waals surface area (Å²) in [5.74, 6) is 0.404. The van der Waals surface area contributed by atoms with Crippen molar-refractivity contribution in [2.75, 3.05) is 7.05 Å². The van der Waals surface area contributed by atoms with Gasteiger partial charge in [0.1, 0.15) is 5.69 Å². The molecule has 1 amide bonds. The standard InChI is InChI=1S/C12H15BrN4O2/c1-8(2)17-5-9(13)4-10(17)12(18)16(3)6-11-14-7-19-15-11/h4-5,7-8H,6H2,1-3H3. The molecule has 0 unspecified atom stereocenters. The van der Waals surface area contributed by atoms with E-state index in [0.717, 1.165) is 4.47 Å². The van der Waals surface area contributed by atoms with Gasteiger partial charge < -0.3 is 14.0 Å². The molecule has 6 nitrogen and oxygen atoms in total. The molecule has 0 atom stereocenters. The quantitative estimate of drug-likeness (QED) is 0.865. The molecule has 2 aromatic rings. The second kappa shape index (κ2) is 5.56. The molecule has 0 N–H and O–H groups in total. The summed E-state index contributed by atoms with van der Waals surface area (Å²) < 4.78 is 7.47. The lowest BCUT2D eigenvalue weighted by molar-refractivity contribution is 0.0768. The normalized spacial score (nSPS) is 11.0. The highest BCUT2D eigenvalue weighted by molar-refractivity contribution is 9.10. The number of hydrogen-bond donors (Lipinski definition) is 0. The van der Waals surface area contributed by atoms with Gasteiger partial charge in [-0.25, -0.2) is 0 Å². The van der Waals surface area contributed by atoms with E-state index in [1.807, 2.05) is 30.7 Å². The second-order valence-electron chi connectivity index (χ2n) is 4.55. The number of carbonyl (C=O) groups excluding carboxylic acids is 1. The zero-order chi connectivity index (χ0) is 14.0. The van der Waals surface area contributed by atoms with Gasteiger partial charge >= 0.3 is 0 Å². The van der Waals surface area contributed by atoms with Crippen molar-refractivity contribution in [2.45, 2.75) is 26.4 Å². The van der Waals surface area contributed by atoms with Crippen LogP contribution in [0.2, 0.25) is 0 Å². The zero-order valence-electron chi connectivity index (χ0n) is 11.0. The Morgan fingerprint density at radius 3 is 2.89 bits per heavy atom. The number of rotatable bonds is 4.